The summed E-state index contributed by atoms with van der Waals surface area (Å²) in [4.78, 5) is 2.47. The molecule has 1 saturated heterocycles. The van der Waals surface area contributed by atoms with Crippen molar-refractivity contribution in [2.45, 2.75) is 45.3 Å². The monoisotopic (exact) mass is 297 g/mol. The van der Waals surface area contributed by atoms with Crippen LogP contribution >= 0.6 is 15.9 Å². The zero-order valence-corrected chi connectivity index (χ0v) is 11.9. The minimum atomic E-state index is 0.113. The predicted molar refractivity (Wildman–Crippen MR) is 75.3 cm³/mol. The summed E-state index contributed by atoms with van der Waals surface area (Å²) in [6.45, 7) is 3.48. The van der Waals surface area contributed by atoms with Crippen molar-refractivity contribution in [1.29, 1.82) is 0 Å². The Bertz CT molecular complexity index is 380. The van der Waals surface area contributed by atoms with Crippen LogP contribution in [0, 0.1) is 0 Å². The number of hydrogen-bond acceptors (Lipinski definition) is 2. The molecule has 2 nitrogen and oxygen atoms in total. The fourth-order valence-electron chi connectivity index (χ4n) is 2.70. The predicted octanol–water partition coefficient (Wildman–Crippen LogP) is 3.71. The second kappa shape index (κ2) is 5.87. The third-order valence-corrected chi connectivity index (χ3v) is 4.11. The van der Waals surface area contributed by atoms with E-state index in [0.29, 0.717) is 6.04 Å². The summed E-state index contributed by atoms with van der Waals surface area (Å²) in [5.74, 6) is 0. The molecule has 1 aromatic carbocycles. The molecule has 1 N–H and O–H groups in total. The van der Waals surface area contributed by atoms with E-state index in [2.05, 4.69) is 39.9 Å². The van der Waals surface area contributed by atoms with Gasteiger partial charge in [-0.1, -0.05) is 22.9 Å². The van der Waals surface area contributed by atoms with Crippen molar-refractivity contribution in [3.63, 3.8) is 0 Å². The first-order valence-electron chi connectivity index (χ1n) is 6.42. The molecule has 1 atom stereocenters. The normalized spacial score (nSPS) is 20.6. The molecular weight excluding hydrogens is 278 g/mol. The minimum Gasteiger partial charge on any atom is -0.392 e. The largest absolute Gasteiger partial charge is 0.392 e. The van der Waals surface area contributed by atoms with E-state index in [4.69, 9.17) is 0 Å². The lowest BCUT2D eigenvalue weighted by molar-refractivity contribution is 0.281. The van der Waals surface area contributed by atoms with Gasteiger partial charge in [-0.05, 0) is 43.9 Å². The van der Waals surface area contributed by atoms with Crippen molar-refractivity contribution in [1.82, 2.24) is 0 Å². The van der Waals surface area contributed by atoms with E-state index in [-0.39, 0.29) is 6.61 Å². The number of hydrogen-bond donors (Lipinski definition) is 1. The van der Waals surface area contributed by atoms with E-state index in [9.17, 15) is 5.11 Å². The average molecular weight is 298 g/mol. The van der Waals surface area contributed by atoms with Crippen molar-refractivity contribution in [2.24, 2.45) is 0 Å². The molecule has 0 unspecified atom stereocenters. The third kappa shape index (κ3) is 2.83. The SMILES string of the molecule is CC[C@H]1CCCCN1c1ccc(Br)cc1CO. The summed E-state index contributed by atoms with van der Waals surface area (Å²) in [5.41, 5.74) is 2.24. The van der Waals surface area contributed by atoms with Gasteiger partial charge in [0.2, 0.25) is 0 Å². The highest BCUT2D eigenvalue weighted by Crippen LogP contribution is 2.31. The standard InChI is InChI=1S/C14H20BrNO/c1-2-13-5-3-4-8-16(13)14-7-6-12(15)9-11(14)10-17/h6-7,9,13,17H,2-5,8,10H2,1H3/t13-/m0/s1. The van der Waals surface area contributed by atoms with Crippen LogP contribution in [0.15, 0.2) is 22.7 Å². The zero-order valence-electron chi connectivity index (χ0n) is 10.3. The van der Waals surface area contributed by atoms with Gasteiger partial charge in [0.25, 0.3) is 0 Å². The Labute approximate surface area is 112 Å². The number of benzene rings is 1. The zero-order chi connectivity index (χ0) is 12.3. The number of halogens is 1. The quantitative estimate of drug-likeness (QED) is 0.919. The van der Waals surface area contributed by atoms with Gasteiger partial charge in [0.15, 0.2) is 0 Å². The van der Waals surface area contributed by atoms with Gasteiger partial charge in [-0.15, -0.1) is 0 Å². The Morgan fingerprint density at radius 2 is 2.24 bits per heavy atom. The van der Waals surface area contributed by atoms with Crippen molar-refractivity contribution in [2.75, 3.05) is 11.4 Å². The maximum absolute atomic E-state index is 9.48. The maximum Gasteiger partial charge on any atom is 0.0702 e. The van der Waals surface area contributed by atoms with Crippen LogP contribution in [0.3, 0.4) is 0 Å². The van der Waals surface area contributed by atoms with Gasteiger partial charge in [0.05, 0.1) is 6.61 Å². The molecule has 0 aromatic heterocycles. The molecular formula is C14H20BrNO. The molecule has 1 heterocycles. The van der Waals surface area contributed by atoms with Crippen LogP contribution in [0.5, 0.6) is 0 Å². The Hall–Kier alpha value is -0.540. The molecule has 1 fully saturated rings. The van der Waals surface area contributed by atoms with Gasteiger partial charge in [-0.25, -0.2) is 0 Å². The molecule has 17 heavy (non-hydrogen) atoms. The number of nitrogens with zero attached hydrogens (tertiary/aromatic N) is 1. The molecule has 1 aromatic rings. The molecule has 0 spiro atoms. The van der Waals surface area contributed by atoms with Crippen molar-refractivity contribution >= 4 is 21.6 Å². The fourth-order valence-corrected chi connectivity index (χ4v) is 3.11. The second-order valence-electron chi connectivity index (χ2n) is 4.68. The van der Waals surface area contributed by atoms with Crippen molar-refractivity contribution < 1.29 is 5.11 Å². The molecule has 0 saturated carbocycles. The van der Waals surface area contributed by atoms with Crippen LogP contribution in [0.1, 0.15) is 38.2 Å². The molecule has 2 rings (SSSR count). The topological polar surface area (TPSA) is 23.5 Å². The van der Waals surface area contributed by atoms with Crippen LogP contribution in [-0.2, 0) is 6.61 Å². The number of rotatable bonds is 3. The fraction of sp³-hybridized carbons (Fsp3) is 0.571. The second-order valence-corrected chi connectivity index (χ2v) is 5.60. The van der Waals surface area contributed by atoms with Crippen molar-refractivity contribution in [3.05, 3.63) is 28.2 Å². The van der Waals surface area contributed by atoms with E-state index in [1.807, 2.05) is 6.07 Å². The Morgan fingerprint density at radius 3 is 2.94 bits per heavy atom. The van der Waals surface area contributed by atoms with Gasteiger partial charge in [0.1, 0.15) is 0 Å². The van der Waals surface area contributed by atoms with Crippen LogP contribution in [0.25, 0.3) is 0 Å². The summed E-state index contributed by atoms with van der Waals surface area (Å²) in [5, 5.41) is 9.48. The maximum atomic E-state index is 9.48. The van der Waals surface area contributed by atoms with E-state index in [1.54, 1.807) is 0 Å². The van der Waals surface area contributed by atoms with Gasteiger partial charge in [0, 0.05) is 28.3 Å². The molecule has 0 aliphatic carbocycles. The summed E-state index contributed by atoms with van der Waals surface area (Å²) in [6.07, 6.45) is 5.05. The molecule has 1 aliphatic heterocycles. The highest BCUT2D eigenvalue weighted by atomic mass is 79.9. The average Bonchev–Trinajstić information content (AvgIpc) is 2.38. The van der Waals surface area contributed by atoms with E-state index < -0.39 is 0 Å². The van der Waals surface area contributed by atoms with Crippen LogP contribution in [0.4, 0.5) is 5.69 Å². The van der Waals surface area contributed by atoms with E-state index in [1.165, 1.54) is 31.4 Å². The summed E-state index contributed by atoms with van der Waals surface area (Å²) in [7, 11) is 0. The Kier molecular flexibility index (Phi) is 4.46. The molecule has 0 amide bonds. The van der Waals surface area contributed by atoms with Crippen LogP contribution in [-0.4, -0.2) is 17.7 Å². The lowest BCUT2D eigenvalue weighted by Crippen LogP contribution is -2.39. The lowest BCUT2D eigenvalue weighted by atomic mass is 9.98. The van der Waals surface area contributed by atoms with Gasteiger partial charge in [-0.3, -0.25) is 0 Å². The Balaban J connectivity index is 2.30. The first-order chi connectivity index (χ1) is 8.26. The van der Waals surface area contributed by atoms with Gasteiger partial charge < -0.3 is 10.0 Å². The van der Waals surface area contributed by atoms with Gasteiger partial charge >= 0.3 is 0 Å². The number of aliphatic hydroxyl groups is 1. The summed E-state index contributed by atoms with van der Waals surface area (Å²) >= 11 is 3.46. The number of piperidine rings is 1. The van der Waals surface area contributed by atoms with Crippen molar-refractivity contribution in [3.8, 4) is 0 Å². The first kappa shape index (κ1) is 12.9. The smallest absolute Gasteiger partial charge is 0.0702 e. The lowest BCUT2D eigenvalue weighted by Gasteiger charge is -2.38. The van der Waals surface area contributed by atoms with Gasteiger partial charge in [-0.2, -0.15) is 0 Å². The molecule has 0 radical (unpaired) electrons. The molecule has 1 aliphatic rings. The summed E-state index contributed by atoms with van der Waals surface area (Å²) in [6, 6.07) is 6.85. The highest BCUT2D eigenvalue weighted by Gasteiger charge is 2.22. The summed E-state index contributed by atoms with van der Waals surface area (Å²) < 4.78 is 1.04. The van der Waals surface area contributed by atoms with E-state index >= 15 is 0 Å². The molecule has 3 heteroatoms. The van der Waals surface area contributed by atoms with Crippen LogP contribution < -0.4 is 4.90 Å². The first-order valence-corrected chi connectivity index (χ1v) is 7.21. The molecule has 94 valence electrons. The molecule has 0 bridgehead atoms. The number of anilines is 1. The minimum absolute atomic E-state index is 0.113. The Morgan fingerprint density at radius 1 is 1.41 bits per heavy atom. The highest BCUT2D eigenvalue weighted by molar-refractivity contribution is 9.10. The van der Waals surface area contributed by atoms with E-state index in [0.717, 1.165) is 16.6 Å². The number of aliphatic hydroxyl groups excluding tert-OH is 1. The van der Waals surface area contributed by atoms with Crippen LogP contribution in [0.2, 0.25) is 0 Å². The third-order valence-electron chi connectivity index (χ3n) is 3.62.